The quantitative estimate of drug-likeness (QED) is 0.178. The molecule has 18 nitrogen and oxygen atoms in total. The number of rotatable bonds is 9. The molecule has 10 heterocycles. The molecule has 4 atom stereocenters. The minimum atomic E-state index is -0.113. The molecule has 10 rings (SSSR count). The van der Waals surface area contributed by atoms with Crippen molar-refractivity contribution in [2.75, 3.05) is 65.0 Å². The van der Waals surface area contributed by atoms with Crippen LogP contribution in [0, 0.1) is 11.8 Å². The molecule has 0 aliphatic carbocycles. The number of aromatic nitrogens is 12. The molecule has 6 aromatic rings. The molecule has 0 saturated carbocycles. The zero-order chi connectivity index (χ0) is 42.1. The second-order valence-electron chi connectivity index (χ2n) is 16.5. The number of fused-ring (bicyclic) bond motifs is 2. The number of likely N-dealkylation sites (tertiary alicyclic amines) is 1. The highest BCUT2D eigenvalue weighted by Gasteiger charge is 2.34. The predicted molar refractivity (Wildman–Crippen MR) is 228 cm³/mol. The molecule has 61 heavy (non-hydrogen) atoms. The molecule has 0 radical (unpaired) electrons. The van der Waals surface area contributed by atoms with Gasteiger partial charge in [0.05, 0.1) is 12.4 Å². The summed E-state index contributed by atoms with van der Waals surface area (Å²) in [5.74, 6) is 5.86. The van der Waals surface area contributed by atoms with Gasteiger partial charge in [0.15, 0.2) is 11.0 Å². The smallest absolute Gasteiger partial charge is 0.276 e. The first-order chi connectivity index (χ1) is 29.9. The summed E-state index contributed by atoms with van der Waals surface area (Å²) in [7, 11) is 0. The summed E-state index contributed by atoms with van der Waals surface area (Å²) in [4.78, 5) is 58.4. The van der Waals surface area contributed by atoms with E-state index in [4.69, 9.17) is 31.3 Å². The lowest BCUT2D eigenvalue weighted by Crippen LogP contribution is -2.25. The average Bonchev–Trinajstić information content (AvgIpc) is 4.11. The van der Waals surface area contributed by atoms with Crippen molar-refractivity contribution in [3.8, 4) is 0 Å². The number of aryl methyl sites for hydroxylation is 1. The molecule has 4 aliphatic rings. The fourth-order valence-corrected chi connectivity index (χ4v) is 8.98. The van der Waals surface area contributed by atoms with Gasteiger partial charge in [-0.05, 0) is 68.0 Å². The molecule has 0 bridgehead atoms. The van der Waals surface area contributed by atoms with Crippen LogP contribution in [0.5, 0.6) is 0 Å². The van der Waals surface area contributed by atoms with Gasteiger partial charge < -0.3 is 29.7 Å². The maximum absolute atomic E-state index is 12.7. The Bertz CT molecular complexity index is 2430. The predicted octanol–water partition coefficient (Wildman–Crippen LogP) is 3.27. The third kappa shape index (κ3) is 10.2. The number of alkyl halides is 1. The van der Waals surface area contributed by atoms with Crippen LogP contribution in [0.3, 0.4) is 0 Å². The number of imidazole rings is 2. The summed E-state index contributed by atoms with van der Waals surface area (Å²) in [6.07, 6.45) is 19.1. The van der Waals surface area contributed by atoms with E-state index in [0.29, 0.717) is 34.7 Å². The third-order valence-electron chi connectivity index (χ3n) is 12.3. The highest BCUT2D eigenvalue weighted by molar-refractivity contribution is 6.17. The molecule has 3 N–H and O–H groups in total. The molecule has 4 fully saturated rings. The number of ether oxygens (including phenoxy) is 2. The Morgan fingerprint density at radius 2 is 1.16 bits per heavy atom. The van der Waals surface area contributed by atoms with E-state index in [1.54, 1.807) is 40.1 Å². The van der Waals surface area contributed by atoms with Gasteiger partial charge in [-0.2, -0.15) is 10.2 Å². The van der Waals surface area contributed by atoms with E-state index < -0.39 is 0 Å². The molecule has 324 valence electrons. The SMILES string of the molecule is CC1CN(CCc2cncnc2)CC1c1nn2c(C3CCOCC3)ncc2c(=O)[nH]1.CC1CNCC1c1nn2c(C3CCOCC3)ncc2c(=O)[nH]1.ClCCc1cncnc1. The van der Waals surface area contributed by atoms with E-state index in [-0.39, 0.29) is 28.9 Å². The minimum absolute atomic E-state index is 0.102. The van der Waals surface area contributed by atoms with Crippen LogP contribution in [0.25, 0.3) is 11.0 Å². The third-order valence-corrected chi connectivity index (χ3v) is 12.5. The van der Waals surface area contributed by atoms with Crippen LogP contribution in [-0.4, -0.2) is 129 Å². The van der Waals surface area contributed by atoms with Gasteiger partial charge in [-0.3, -0.25) is 9.59 Å². The van der Waals surface area contributed by atoms with Crippen molar-refractivity contribution in [2.24, 2.45) is 11.8 Å². The van der Waals surface area contributed by atoms with E-state index in [2.05, 4.69) is 63.9 Å². The lowest BCUT2D eigenvalue weighted by atomic mass is 9.97. The van der Waals surface area contributed by atoms with Gasteiger partial charge >= 0.3 is 0 Å². The second-order valence-corrected chi connectivity index (χ2v) is 16.9. The van der Waals surface area contributed by atoms with Crippen molar-refractivity contribution in [2.45, 2.75) is 76.0 Å². The van der Waals surface area contributed by atoms with Crippen LogP contribution in [0.2, 0.25) is 0 Å². The Labute approximate surface area is 358 Å². The molecular weight excluding hydrogens is 800 g/mol. The largest absolute Gasteiger partial charge is 0.381 e. The molecule has 4 unspecified atom stereocenters. The number of hydrogen-bond acceptors (Lipinski definition) is 14. The van der Waals surface area contributed by atoms with Crippen LogP contribution in [0.4, 0.5) is 0 Å². The Morgan fingerprint density at radius 1 is 0.656 bits per heavy atom. The summed E-state index contributed by atoms with van der Waals surface area (Å²) in [5, 5.41) is 12.9. The highest BCUT2D eigenvalue weighted by atomic mass is 35.5. The highest BCUT2D eigenvalue weighted by Crippen LogP contribution is 2.31. The van der Waals surface area contributed by atoms with Crippen LogP contribution in [0.1, 0.15) is 97.6 Å². The maximum Gasteiger partial charge on any atom is 0.276 e. The van der Waals surface area contributed by atoms with Crippen molar-refractivity contribution >= 4 is 22.6 Å². The fraction of sp³-hybridized carbons (Fsp3) is 0.571. The van der Waals surface area contributed by atoms with Crippen LogP contribution in [0.15, 0.2) is 59.4 Å². The Kier molecular flexibility index (Phi) is 14.2. The summed E-state index contributed by atoms with van der Waals surface area (Å²) < 4.78 is 14.4. The molecule has 4 saturated heterocycles. The first-order valence-electron chi connectivity index (χ1n) is 21.4. The fourth-order valence-electron chi connectivity index (χ4n) is 8.76. The number of nitrogens with one attached hydrogen (secondary N) is 3. The topological polar surface area (TPSA) is 211 Å². The lowest BCUT2D eigenvalue weighted by Gasteiger charge is -2.21. The first-order valence-corrected chi connectivity index (χ1v) is 22.0. The van der Waals surface area contributed by atoms with Crippen LogP contribution >= 0.6 is 11.6 Å². The van der Waals surface area contributed by atoms with E-state index in [0.717, 1.165) is 132 Å². The molecule has 4 aliphatic heterocycles. The number of nitrogens with zero attached hydrogens (tertiary/aromatic N) is 11. The zero-order valence-electron chi connectivity index (χ0n) is 34.8. The molecule has 0 spiro atoms. The van der Waals surface area contributed by atoms with Crippen molar-refractivity contribution in [1.82, 2.24) is 69.3 Å². The molecule has 6 aromatic heterocycles. The molecule has 0 aromatic carbocycles. The summed E-state index contributed by atoms with van der Waals surface area (Å²) >= 11 is 5.48. The van der Waals surface area contributed by atoms with Crippen LogP contribution < -0.4 is 16.4 Å². The van der Waals surface area contributed by atoms with Gasteiger partial charge in [-0.25, -0.2) is 38.9 Å². The van der Waals surface area contributed by atoms with E-state index in [1.807, 2.05) is 12.4 Å². The first kappa shape index (κ1) is 42.7. The standard InChI is InChI=1S/C21H27N7O2.C15H21N5O2.C6H7ClN2/c1-14-11-27(5-2-15-8-22-13-23-9-15)12-17(14)19-25-21(29)18-10-24-20(28(18)26-19)16-3-6-30-7-4-16;1-9-6-16-7-11(9)13-18-15(21)12-8-17-14(20(12)19-13)10-2-4-22-5-3-10;7-2-1-6-3-8-5-9-4-6/h8-10,13-14,16-17H,2-7,11-12H2,1H3,(H,25,26,29);8-11,16H,2-7H2,1H3,(H,18,19,21);3-5H,1-2H2. The van der Waals surface area contributed by atoms with Crippen molar-refractivity contribution < 1.29 is 9.47 Å². The van der Waals surface area contributed by atoms with E-state index >= 15 is 0 Å². The van der Waals surface area contributed by atoms with Crippen molar-refractivity contribution in [3.05, 3.63) is 105 Å². The van der Waals surface area contributed by atoms with Crippen molar-refractivity contribution in [3.63, 3.8) is 0 Å². The molecule has 19 heteroatoms. The van der Waals surface area contributed by atoms with Crippen molar-refractivity contribution in [1.29, 1.82) is 0 Å². The normalized spacial score (nSPS) is 22.5. The van der Waals surface area contributed by atoms with E-state index in [9.17, 15) is 9.59 Å². The Hall–Kier alpha value is -5.01. The number of halogens is 1. The zero-order valence-corrected chi connectivity index (χ0v) is 35.6. The summed E-state index contributed by atoms with van der Waals surface area (Å²) in [6.45, 7) is 12.0. The number of aromatic amines is 2. The van der Waals surface area contributed by atoms with Gasteiger partial charge in [-0.1, -0.05) is 13.8 Å². The summed E-state index contributed by atoms with van der Waals surface area (Å²) in [6, 6.07) is 0. The van der Waals surface area contributed by atoms with Gasteiger partial charge in [0, 0.05) is 107 Å². The van der Waals surface area contributed by atoms with Gasteiger partial charge in [0.25, 0.3) is 11.1 Å². The van der Waals surface area contributed by atoms with Gasteiger partial charge in [-0.15, -0.1) is 11.6 Å². The average molecular weight is 855 g/mol. The number of hydrogen-bond donors (Lipinski definition) is 3. The Balaban J connectivity index is 0.000000144. The van der Waals surface area contributed by atoms with Gasteiger partial charge in [0.1, 0.15) is 36.0 Å². The van der Waals surface area contributed by atoms with E-state index in [1.165, 1.54) is 6.33 Å². The monoisotopic (exact) mass is 854 g/mol. The maximum atomic E-state index is 12.7. The van der Waals surface area contributed by atoms with Crippen LogP contribution in [-0.2, 0) is 22.3 Å². The summed E-state index contributed by atoms with van der Waals surface area (Å²) in [5.41, 5.74) is 3.07. The second kappa shape index (κ2) is 20.2. The molecular formula is C42H55ClN14O4. The Morgan fingerprint density at radius 3 is 1.66 bits per heavy atom. The minimum Gasteiger partial charge on any atom is -0.381 e. The molecule has 0 amide bonds. The number of H-pyrrole nitrogens is 2. The lowest BCUT2D eigenvalue weighted by molar-refractivity contribution is 0.0831. The van der Waals surface area contributed by atoms with Gasteiger partial charge in [0.2, 0.25) is 0 Å².